The summed E-state index contributed by atoms with van der Waals surface area (Å²) in [5.41, 5.74) is 0. The van der Waals surface area contributed by atoms with Crippen LogP contribution in [0.4, 0.5) is 0 Å². The van der Waals surface area contributed by atoms with Gasteiger partial charge in [0.2, 0.25) is 10.0 Å². The summed E-state index contributed by atoms with van der Waals surface area (Å²) < 4.78 is 26.4. The topological polar surface area (TPSA) is 57.6 Å². The van der Waals surface area contributed by atoms with Gasteiger partial charge in [0, 0.05) is 13.1 Å². The molecular weight excluding hydrogens is 250 g/mol. The minimum Gasteiger partial charge on any atom is -0.507 e. The van der Waals surface area contributed by atoms with E-state index >= 15 is 0 Å². The average molecular weight is 269 g/mol. The Labute approximate surface area is 108 Å². The predicted octanol–water partition coefficient (Wildman–Crippen LogP) is 2.20. The summed E-state index contributed by atoms with van der Waals surface area (Å²) in [4.78, 5) is 0.0155. The second-order valence-electron chi connectivity index (χ2n) is 4.75. The van der Waals surface area contributed by atoms with E-state index in [0.717, 1.165) is 19.3 Å². The van der Waals surface area contributed by atoms with Crippen LogP contribution in [-0.4, -0.2) is 30.9 Å². The van der Waals surface area contributed by atoms with Gasteiger partial charge in [-0.3, -0.25) is 0 Å². The van der Waals surface area contributed by atoms with Gasteiger partial charge in [0.1, 0.15) is 10.6 Å². The van der Waals surface area contributed by atoms with Crippen molar-refractivity contribution in [1.29, 1.82) is 0 Å². The lowest BCUT2D eigenvalue weighted by atomic mass is 9.97. The second-order valence-corrected chi connectivity index (χ2v) is 6.65. The van der Waals surface area contributed by atoms with Crippen molar-refractivity contribution in [1.82, 2.24) is 4.31 Å². The number of aromatic hydroxyl groups is 1. The minimum atomic E-state index is -3.55. The molecule has 0 spiro atoms. The molecule has 1 aromatic carbocycles. The van der Waals surface area contributed by atoms with Crippen molar-refractivity contribution in [3.05, 3.63) is 24.3 Å². The summed E-state index contributed by atoms with van der Waals surface area (Å²) >= 11 is 0. The smallest absolute Gasteiger partial charge is 0.246 e. The molecule has 1 N–H and O–H groups in total. The SMILES string of the molecule is CCC1CCCN(S(=O)(=O)c2ccccc2O)C1. The highest BCUT2D eigenvalue weighted by atomic mass is 32.2. The molecule has 1 aromatic rings. The molecule has 0 radical (unpaired) electrons. The molecule has 1 atom stereocenters. The largest absolute Gasteiger partial charge is 0.507 e. The molecule has 1 fully saturated rings. The molecule has 0 bridgehead atoms. The summed E-state index contributed by atoms with van der Waals surface area (Å²) in [6.07, 6.45) is 2.97. The van der Waals surface area contributed by atoms with Crippen LogP contribution >= 0.6 is 0 Å². The Morgan fingerprint density at radius 2 is 2.11 bits per heavy atom. The van der Waals surface area contributed by atoms with Gasteiger partial charge in [-0.05, 0) is 30.9 Å². The molecule has 4 nitrogen and oxygen atoms in total. The van der Waals surface area contributed by atoms with Gasteiger partial charge in [0.25, 0.3) is 0 Å². The first-order chi connectivity index (χ1) is 8.55. The van der Waals surface area contributed by atoms with Crippen LogP contribution in [0.15, 0.2) is 29.2 Å². The van der Waals surface area contributed by atoms with Crippen molar-refractivity contribution in [2.45, 2.75) is 31.1 Å². The third-order valence-electron chi connectivity index (χ3n) is 3.54. The predicted molar refractivity (Wildman–Crippen MR) is 69.9 cm³/mol. The minimum absolute atomic E-state index is 0.0155. The summed E-state index contributed by atoms with van der Waals surface area (Å²) in [6.45, 7) is 3.20. The molecule has 0 aromatic heterocycles. The zero-order valence-corrected chi connectivity index (χ0v) is 11.4. The van der Waals surface area contributed by atoms with Crippen molar-refractivity contribution >= 4 is 10.0 Å². The van der Waals surface area contributed by atoms with Gasteiger partial charge < -0.3 is 5.11 Å². The van der Waals surface area contributed by atoms with Crippen molar-refractivity contribution in [2.75, 3.05) is 13.1 Å². The molecule has 5 heteroatoms. The Kier molecular flexibility index (Phi) is 3.92. The van der Waals surface area contributed by atoms with Gasteiger partial charge in [-0.15, -0.1) is 0 Å². The first kappa shape index (κ1) is 13.4. The van der Waals surface area contributed by atoms with Gasteiger partial charge >= 0.3 is 0 Å². The molecule has 2 rings (SSSR count). The second kappa shape index (κ2) is 5.28. The summed E-state index contributed by atoms with van der Waals surface area (Å²) in [5, 5.41) is 9.69. The van der Waals surface area contributed by atoms with Crippen molar-refractivity contribution in [2.24, 2.45) is 5.92 Å². The van der Waals surface area contributed by atoms with E-state index in [1.54, 1.807) is 12.1 Å². The van der Waals surface area contributed by atoms with Gasteiger partial charge in [-0.2, -0.15) is 4.31 Å². The van der Waals surface area contributed by atoms with Crippen LogP contribution in [-0.2, 0) is 10.0 Å². The van der Waals surface area contributed by atoms with Crippen LogP contribution in [0.5, 0.6) is 5.75 Å². The fourth-order valence-electron chi connectivity index (χ4n) is 2.39. The maximum atomic E-state index is 12.4. The number of rotatable bonds is 3. The van der Waals surface area contributed by atoms with E-state index in [1.807, 2.05) is 0 Å². The molecule has 18 heavy (non-hydrogen) atoms. The Balaban J connectivity index is 2.29. The maximum Gasteiger partial charge on any atom is 0.246 e. The summed E-state index contributed by atoms with van der Waals surface area (Å²) in [5.74, 6) is 0.260. The van der Waals surface area contributed by atoms with Crippen LogP contribution in [0.3, 0.4) is 0 Å². The van der Waals surface area contributed by atoms with E-state index in [1.165, 1.54) is 16.4 Å². The molecule has 100 valence electrons. The number of piperidine rings is 1. The molecule has 1 saturated heterocycles. The number of phenolic OH excluding ortho intramolecular Hbond substituents is 1. The standard InChI is InChI=1S/C13H19NO3S/c1-2-11-6-5-9-14(10-11)18(16,17)13-8-4-3-7-12(13)15/h3-4,7-8,11,15H,2,5-6,9-10H2,1H3. The zero-order chi connectivity index (χ0) is 13.2. The number of sulfonamides is 1. The van der Waals surface area contributed by atoms with Crippen LogP contribution < -0.4 is 0 Å². The highest BCUT2D eigenvalue weighted by Gasteiger charge is 2.31. The van der Waals surface area contributed by atoms with E-state index in [2.05, 4.69) is 6.92 Å². The van der Waals surface area contributed by atoms with Gasteiger partial charge in [0.15, 0.2) is 0 Å². The molecule has 1 aliphatic rings. The van der Waals surface area contributed by atoms with Crippen LogP contribution in [0, 0.1) is 5.92 Å². The Bertz CT molecular complexity index is 513. The van der Waals surface area contributed by atoms with Crippen LogP contribution in [0.25, 0.3) is 0 Å². The third-order valence-corrected chi connectivity index (χ3v) is 5.45. The van der Waals surface area contributed by atoms with E-state index in [-0.39, 0.29) is 10.6 Å². The highest BCUT2D eigenvalue weighted by molar-refractivity contribution is 7.89. The Hall–Kier alpha value is -1.07. The fraction of sp³-hybridized carbons (Fsp3) is 0.538. The van der Waals surface area contributed by atoms with E-state index < -0.39 is 10.0 Å². The normalized spacial score (nSPS) is 21.9. The zero-order valence-electron chi connectivity index (χ0n) is 10.5. The van der Waals surface area contributed by atoms with E-state index in [0.29, 0.717) is 19.0 Å². The molecule has 1 unspecified atom stereocenters. The first-order valence-corrected chi connectivity index (χ1v) is 7.78. The quantitative estimate of drug-likeness (QED) is 0.915. The average Bonchev–Trinajstić information content (AvgIpc) is 2.39. The number of para-hydroxylation sites is 1. The van der Waals surface area contributed by atoms with Crippen LogP contribution in [0.1, 0.15) is 26.2 Å². The van der Waals surface area contributed by atoms with Crippen LogP contribution in [0.2, 0.25) is 0 Å². The highest BCUT2D eigenvalue weighted by Crippen LogP contribution is 2.29. The Morgan fingerprint density at radius 3 is 2.78 bits per heavy atom. The van der Waals surface area contributed by atoms with Gasteiger partial charge in [-0.25, -0.2) is 8.42 Å². The lowest BCUT2D eigenvalue weighted by Gasteiger charge is -2.31. The molecule has 1 heterocycles. The van der Waals surface area contributed by atoms with E-state index in [4.69, 9.17) is 0 Å². The van der Waals surface area contributed by atoms with Crippen molar-refractivity contribution < 1.29 is 13.5 Å². The number of hydrogen-bond acceptors (Lipinski definition) is 3. The number of nitrogens with zero attached hydrogens (tertiary/aromatic N) is 1. The first-order valence-electron chi connectivity index (χ1n) is 6.34. The molecule has 1 aliphatic heterocycles. The molecular formula is C13H19NO3S. The lowest BCUT2D eigenvalue weighted by molar-refractivity contribution is 0.261. The lowest BCUT2D eigenvalue weighted by Crippen LogP contribution is -2.39. The van der Waals surface area contributed by atoms with Gasteiger partial charge in [-0.1, -0.05) is 25.5 Å². The van der Waals surface area contributed by atoms with Gasteiger partial charge in [0.05, 0.1) is 0 Å². The fourth-order valence-corrected chi connectivity index (χ4v) is 4.03. The maximum absolute atomic E-state index is 12.4. The Morgan fingerprint density at radius 1 is 1.39 bits per heavy atom. The molecule has 0 amide bonds. The van der Waals surface area contributed by atoms with E-state index in [9.17, 15) is 13.5 Å². The monoisotopic (exact) mass is 269 g/mol. The van der Waals surface area contributed by atoms with Crippen molar-refractivity contribution in [3.63, 3.8) is 0 Å². The molecule has 0 aliphatic carbocycles. The number of benzene rings is 1. The number of hydrogen-bond donors (Lipinski definition) is 1. The number of phenols is 1. The molecule has 0 saturated carbocycles. The summed E-state index contributed by atoms with van der Waals surface area (Å²) in [7, 11) is -3.55. The third kappa shape index (κ3) is 2.52. The van der Waals surface area contributed by atoms with Crippen molar-refractivity contribution in [3.8, 4) is 5.75 Å². The summed E-state index contributed by atoms with van der Waals surface area (Å²) in [6, 6.07) is 6.13.